The Balaban J connectivity index is 2.51. The first-order valence-corrected chi connectivity index (χ1v) is 6.22. The van der Waals surface area contributed by atoms with Crippen LogP contribution in [0.5, 0.6) is 0 Å². The molecule has 0 fully saturated rings. The minimum atomic E-state index is -0.557. The van der Waals surface area contributed by atoms with E-state index < -0.39 is 11.7 Å². The van der Waals surface area contributed by atoms with Crippen molar-refractivity contribution in [2.45, 2.75) is 6.92 Å². The second kappa shape index (κ2) is 7.44. The Kier molecular flexibility index (Phi) is 5.92. The van der Waals surface area contributed by atoms with E-state index in [1.807, 2.05) is 6.92 Å². The fraction of sp³-hybridized carbons (Fsp3) is 0.385. The predicted octanol–water partition coefficient (Wildman–Crippen LogP) is 0.414. The second-order valence-electron chi connectivity index (χ2n) is 4.41. The topological polar surface area (TPSA) is 87.5 Å². The Morgan fingerprint density at radius 2 is 1.95 bits per heavy atom. The Morgan fingerprint density at radius 3 is 2.60 bits per heavy atom. The number of benzene rings is 1. The van der Waals surface area contributed by atoms with Crippen LogP contribution in [0, 0.1) is 5.82 Å². The molecule has 6 nitrogen and oxygen atoms in total. The summed E-state index contributed by atoms with van der Waals surface area (Å²) in [6, 6.07) is 3.94. The highest BCUT2D eigenvalue weighted by Gasteiger charge is 2.12. The van der Waals surface area contributed by atoms with Gasteiger partial charge < -0.3 is 16.4 Å². The number of nitrogens with two attached hydrogens (primary N) is 1. The van der Waals surface area contributed by atoms with Gasteiger partial charge >= 0.3 is 0 Å². The summed E-state index contributed by atoms with van der Waals surface area (Å²) in [6.45, 7) is 2.42. The number of carbonyl (C=O) groups is 2. The maximum absolute atomic E-state index is 13.4. The smallest absolute Gasteiger partial charge is 0.238 e. The van der Waals surface area contributed by atoms with Crippen molar-refractivity contribution in [2.75, 3.05) is 37.7 Å². The van der Waals surface area contributed by atoms with Crippen LogP contribution >= 0.6 is 0 Å². The van der Waals surface area contributed by atoms with Crippen LogP contribution in [-0.2, 0) is 9.59 Å². The minimum absolute atomic E-state index is 0.0224. The lowest BCUT2D eigenvalue weighted by atomic mass is 10.2. The number of nitrogens with zero attached hydrogens (tertiary/aromatic N) is 1. The van der Waals surface area contributed by atoms with Crippen molar-refractivity contribution < 1.29 is 14.0 Å². The monoisotopic (exact) mass is 282 g/mol. The fourth-order valence-electron chi connectivity index (χ4n) is 1.63. The molecule has 0 saturated heterocycles. The summed E-state index contributed by atoms with van der Waals surface area (Å²) in [6.07, 6.45) is 0. The number of amides is 2. The van der Waals surface area contributed by atoms with Crippen molar-refractivity contribution in [3.05, 3.63) is 24.0 Å². The molecule has 0 aliphatic carbocycles. The zero-order valence-corrected chi connectivity index (χ0v) is 11.6. The van der Waals surface area contributed by atoms with Crippen LogP contribution in [0.3, 0.4) is 0 Å². The van der Waals surface area contributed by atoms with Gasteiger partial charge in [-0.1, -0.05) is 0 Å². The highest BCUT2D eigenvalue weighted by atomic mass is 19.1. The third kappa shape index (κ3) is 5.23. The zero-order chi connectivity index (χ0) is 15.1. The molecule has 0 bridgehead atoms. The molecule has 110 valence electrons. The quantitative estimate of drug-likeness (QED) is 0.660. The summed E-state index contributed by atoms with van der Waals surface area (Å²) in [5.41, 5.74) is 5.91. The summed E-state index contributed by atoms with van der Waals surface area (Å²) in [5, 5.41) is 5.05. The minimum Gasteiger partial charge on any atom is -0.399 e. The van der Waals surface area contributed by atoms with Crippen LogP contribution in [0.4, 0.5) is 15.8 Å². The standard InChI is InChI=1S/C13H19FN4O2/c1-3-16-12(19)7-18(2)8-13(20)17-11-6-9(15)4-5-10(11)14/h4-6H,3,7-8,15H2,1-2H3,(H,16,19)(H,17,20). The van der Waals surface area contributed by atoms with Crippen molar-refractivity contribution in [1.82, 2.24) is 10.2 Å². The summed E-state index contributed by atoms with van der Waals surface area (Å²) in [4.78, 5) is 24.6. The molecule has 4 N–H and O–H groups in total. The van der Waals surface area contributed by atoms with Crippen molar-refractivity contribution in [2.24, 2.45) is 0 Å². The molecule has 0 atom stereocenters. The zero-order valence-electron chi connectivity index (χ0n) is 11.6. The number of likely N-dealkylation sites (N-methyl/N-ethyl adjacent to an activating group) is 2. The molecule has 0 aliphatic heterocycles. The van der Waals surface area contributed by atoms with Crippen LogP contribution in [0.25, 0.3) is 0 Å². The van der Waals surface area contributed by atoms with Crippen LogP contribution < -0.4 is 16.4 Å². The first-order chi connectivity index (χ1) is 9.42. The number of hydrogen-bond acceptors (Lipinski definition) is 4. The molecule has 0 radical (unpaired) electrons. The molecule has 0 aliphatic rings. The largest absolute Gasteiger partial charge is 0.399 e. The van der Waals surface area contributed by atoms with Gasteiger partial charge in [0.1, 0.15) is 5.82 Å². The molecule has 1 aromatic rings. The Bertz CT molecular complexity index is 493. The van der Waals surface area contributed by atoms with Crippen molar-refractivity contribution >= 4 is 23.2 Å². The van der Waals surface area contributed by atoms with E-state index in [0.717, 1.165) is 0 Å². The number of hydrogen-bond donors (Lipinski definition) is 3. The number of rotatable bonds is 6. The average molecular weight is 282 g/mol. The van der Waals surface area contributed by atoms with E-state index in [9.17, 15) is 14.0 Å². The second-order valence-corrected chi connectivity index (χ2v) is 4.41. The lowest BCUT2D eigenvalue weighted by molar-refractivity contribution is -0.122. The molecule has 0 saturated carbocycles. The fourth-order valence-corrected chi connectivity index (χ4v) is 1.63. The normalized spacial score (nSPS) is 10.4. The van der Waals surface area contributed by atoms with Gasteiger partial charge in [-0.25, -0.2) is 4.39 Å². The van der Waals surface area contributed by atoms with Crippen LogP contribution in [0.1, 0.15) is 6.92 Å². The maximum atomic E-state index is 13.4. The van der Waals surface area contributed by atoms with Crippen molar-refractivity contribution in [3.63, 3.8) is 0 Å². The molecular weight excluding hydrogens is 263 g/mol. The van der Waals surface area contributed by atoms with E-state index >= 15 is 0 Å². The van der Waals surface area contributed by atoms with Gasteiger partial charge in [-0.05, 0) is 32.2 Å². The van der Waals surface area contributed by atoms with E-state index in [-0.39, 0.29) is 24.7 Å². The van der Waals surface area contributed by atoms with Gasteiger partial charge in [-0.15, -0.1) is 0 Å². The molecular formula is C13H19FN4O2. The highest BCUT2D eigenvalue weighted by molar-refractivity contribution is 5.93. The first-order valence-electron chi connectivity index (χ1n) is 6.22. The van der Waals surface area contributed by atoms with Gasteiger partial charge in [0.05, 0.1) is 18.8 Å². The van der Waals surface area contributed by atoms with E-state index in [2.05, 4.69) is 10.6 Å². The molecule has 0 heterocycles. The summed E-state index contributed by atoms with van der Waals surface area (Å²) in [5.74, 6) is -1.14. The van der Waals surface area contributed by atoms with Crippen LogP contribution in [-0.4, -0.2) is 43.4 Å². The molecule has 0 spiro atoms. The first kappa shape index (κ1) is 15.9. The third-order valence-electron chi connectivity index (χ3n) is 2.47. The SMILES string of the molecule is CCNC(=O)CN(C)CC(=O)Nc1cc(N)ccc1F. The number of halogens is 1. The molecule has 0 unspecified atom stereocenters. The third-order valence-corrected chi connectivity index (χ3v) is 2.47. The van der Waals surface area contributed by atoms with E-state index in [1.54, 1.807) is 7.05 Å². The average Bonchev–Trinajstić information content (AvgIpc) is 2.33. The molecule has 1 aromatic carbocycles. The number of anilines is 2. The number of nitrogen functional groups attached to an aromatic ring is 1. The van der Waals surface area contributed by atoms with E-state index in [4.69, 9.17) is 5.73 Å². The Morgan fingerprint density at radius 1 is 1.30 bits per heavy atom. The molecule has 2 amide bonds. The van der Waals surface area contributed by atoms with Crippen molar-refractivity contribution in [1.29, 1.82) is 0 Å². The summed E-state index contributed by atoms with van der Waals surface area (Å²) in [7, 11) is 1.63. The van der Waals surface area contributed by atoms with Crippen molar-refractivity contribution in [3.8, 4) is 0 Å². The van der Waals surface area contributed by atoms with Gasteiger partial charge in [0.15, 0.2) is 0 Å². The van der Waals surface area contributed by atoms with E-state index in [0.29, 0.717) is 12.2 Å². The van der Waals surface area contributed by atoms with Gasteiger partial charge in [-0.2, -0.15) is 0 Å². The van der Waals surface area contributed by atoms with Gasteiger partial charge in [-0.3, -0.25) is 14.5 Å². The predicted molar refractivity (Wildman–Crippen MR) is 75.6 cm³/mol. The van der Waals surface area contributed by atoms with Gasteiger partial charge in [0.2, 0.25) is 11.8 Å². The summed E-state index contributed by atoms with van der Waals surface area (Å²) < 4.78 is 13.4. The lowest BCUT2D eigenvalue weighted by Gasteiger charge is -2.16. The maximum Gasteiger partial charge on any atom is 0.238 e. The molecule has 20 heavy (non-hydrogen) atoms. The molecule has 1 rings (SSSR count). The Labute approximate surface area is 117 Å². The number of nitrogens with one attached hydrogen (secondary N) is 2. The highest BCUT2D eigenvalue weighted by Crippen LogP contribution is 2.17. The Hall–Kier alpha value is -2.15. The lowest BCUT2D eigenvalue weighted by Crippen LogP contribution is -2.38. The van der Waals surface area contributed by atoms with E-state index in [1.165, 1.54) is 23.1 Å². The molecule has 0 aromatic heterocycles. The van der Waals surface area contributed by atoms with Crippen LogP contribution in [0.2, 0.25) is 0 Å². The van der Waals surface area contributed by atoms with Gasteiger partial charge in [0, 0.05) is 12.2 Å². The number of carbonyl (C=O) groups excluding carboxylic acids is 2. The molecule has 7 heteroatoms. The summed E-state index contributed by atoms with van der Waals surface area (Å²) >= 11 is 0. The van der Waals surface area contributed by atoms with Gasteiger partial charge in [0.25, 0.3) is 0 Å². The van der Waals surface area contributed by atoms with Crippen LogP contribution in [0.15, 0.2) is 18.2 Å².